The lowest BCUT2D eigenvalue weighted by Gasteiger charge is -1.96. The molecule has 1 N–H and O–H groups in total. The Labute approximate surface area is 75.9 Å². The van der Waals surface area contributed by atoms with Gasteiger partial charge >= 0.3 is 0 Å². The highest BCUT2D eigenvalue weighted by atomic mass is 16.4. The molecular weight excluding hydrogens is 164 g/mol. The van der Waals surface area contributed by atoms with E-state index < -0.39 is 0 Å². The van der Waals surface area contributed by atoms with Gasteiger partial charge in [0.1, 0.15) is 0 Å². The molecule has 66 valence electrons. The molecule has 1 heterocycles. The topological polar surface area (TPSA) is 37.5 Å². The van der Waals surface area contributed by atoms with Gasteiger partial charge in [-0.2, -0.15) is 0 Å². The van der Waals surface area contributed by atoms with Crippen LogP contribution in [-0.4, -0.2) is 16.0 Å². The summed E-state index contributed by atoms with van der Waals surface area (Å²) < 4.78 is 1.98. The third-order valence-electron chi connectivity index (χ3n) is 2.18. The number of aryl methyl sites for hydroxylation is 1. The highest BCUT2D eigenvalue weighted by Crippen LogP contribution is 2.16. The molecule has 3 heteroatoms. The van der Waals surface area contributed by atoms with Crippen LogP contribution in [0.3, 0.4) is 0 Å². The molecule has 0 spiro atoms. The lowest BCUT2D eigenvalue weighted by Crippen LogP contribution is -1.93. The van der Waals surface area contributed by atoms with Crippen LogP contribution in [0.15, 0.2) is 35.5 Å². The molecule has 0 atom stereocenters. The Kier molecular flexibility index (Phi) is 1.77. The van der Waals surface area contributed by atoms with Crippen LogP contribution < -0.4 is 0 Å². The second-order valence-electron chi connectivity index (χ2n) is 2.93. The summed E-state index contributed by atoms with van der Waals surface area (Å²) in [6.45, 7) is 0. The molecule has 0 unspecified atom stereocenters. The first-order valence-corrected chi connectivity index (χ1v) is 4.05. The molecule has 0 bridgehead atoms. The molecule has 0 saturated carbocycles. The summed E-state index contributed by atoms with van der Waals surface area (Å²) in [5.74, 6) is 0. The van der Waals surface area contributed by atoms with E-state index in [9.17, 15) is 0 Å². The number of hydrogen-bond donors (Lipinski definition) is 1. The van der Waals surface area contributed by atoms with Crippen molar-refractivity contribution in [3.05, 3.63) is 36.0 Å². The molecule has 0 aliphatic heterocycles. The standard InChI is InChI=1S/C10H10N2O/c1-12-9(7-11-13)6-8-4-2-3-5-10(8)12/h2-7,13H,1H3/b11-7+. The maximum Gasteiger partial charge on any atom is 0.0898 e. The number of para-hydroxylation sites is 1. The van der Waals surface area contributed by atoms with Crippen molar-refractivity contribution < 1.29 is 5.21 Å². The van der Waals surface area contributed by atoms with Crippen LogP contribution in [0.4, 0.5) is 0 Å². The molecule has 3 nitrogen and oxygen atoms in total. The highest BCUT2D eigenvalue weighted by Gasteiger charge is 2.01. The maximum atomic E-state index is 8.43. The van der Waals surface area contributed by atoms with Crippen LogP contribution in [0.2, 0.25) is 0 Å². The molecule has 0 aliphatic rings. The normalized spacial score (nSPS) is 11.5. The van der Waals surface area contributed by atoms with Crippen molar-refractivity contribution in [2.24, 2.45) is 12.2 Å². The zero-order valence-electron chi connectivity index (χ0n) is 7.31. The van der Waals surface area contributed by atoms with Gasteiger partial charge in [-0.3, -0.25) is 0 Å². The van der Waals surface area contributed by atoms with Gasteiger partial charge in [0.25, 0.3) is 0 Å². The van der Waals surface area contributed by atoms with Crippen LogP contribution in [0, 0.1) is 0 Å². The fraction of sp³-hybridized carbons (Fsp3) is 0.100. The fourth-order valence-electron chi connectivity index (χ4n) is 1.49. The van der Waals surface area contributed by atoms with Crippen molar-refractivity contribution in [1.82, 2.24) is 4.57 Å². The average molecular weight is 174 g/mol. The van der Waals surface area contributed by atoms with E-state index in [4.69, 9.17) is 5.21 Å². The monoisotopic (exact) mass is 174 g/mol. The maximum absolute atomic E-state index is 8.43. The van der Waals surface area contributed by atoms with Crippen molar-refractivity contribution in [1.29, 1.82) is 0 Å². The van der Waals surface area contributed by atoms with Crippen molar-refractivity contribution in [2.75, 3.05) is 0 Å². The predicted octanol–water partition coefficient (Wildman–Crippen LogP) is 1.99. The Morgan fingerprint density at radius 2 is 2.15 bits per heavy atom. The van der Waals surface area contributed by atoms with Gasteiger partial charge < -0.3 is 9.77 Å². The summed E-state index contributed by atoms with van der Waals surface area (Å²) in [6, 6.07) is 10.0. The Bertz CT molecular complexity index is 457. The summed E-state index contributed by atoms with van der Waals surface area (Å²) in [7, 11) is 1.94. The van der Waals surface area contributed by atoms with Crippen molar-refractivity contribution in [3.8, 4) is 0 Å². The minimum absolute atomic E-state index is 0.892. The Morgan fingerprint density at radius 1 is 1.38 bits per heavy atom. The molecule has 2 aromatic rings. The first kappa shape index (κ1) is 7.86. The molecule has 13 heavy (non-hydrogen) atoms. The smallest absolute Gasteiger partial charge is 0.0898 e. The molecule has 0 amide bonds. The SMILES string of the molecule is Cn1c(/C=N/O)cc2ccccc21. The Balaban J connectivity index is 2.73. The second kappa shape index (κ2) is 2.94. The van der Waals surface area contributed by atoms with Gasteiger partial charge in [-0.1, -0.05) is 23.4 Å². The van der Waals surface area contributed by atoms with Gasteiger partial charge in [-0.05, 0) is 12.1 Å². The summed E-state index contributed by atoms with van der Waals surface area (Å²) in [4.78, 5) is 0. The molecule has 2 rings (SSSR count). The van der Waals surface area contributed by atoms with Crippen LogP contribution in [0.5, 0.6) is 0 Å². The van der Waals surface area contributed by atoms with E-state index in [2.05, 4.69) is 5.16 Å². The molecule has 0 aliphatic carbocycles. The van der Waals surface area contributed by atoms with Gasteiger partial charge in [0.15, 0.2) is 0 Å². The van der Waals surface area contributed by atoms with Crippen LogP contribution >= 0.6 is 0 Å². The number of benzene rings is 1. The molecule has 0 saturated heterocycles. The van der Waals surface area contributed by atoms with Crippen LogP contribution in [0.25, 0.3) is 10.9 Å². The fourth-order valence-corrected chi connectivity index (χ4v) is 1.49. The lowest BCUT2D eigenvalue weighted by molar-refractivity contribution is 0.321. The molecule has 0 fully saturated rings. The minimum atomic E-state index is 0.892. The number of aromatic nitrogens is 1. The minimum Gasteiger partial charge on any atom is -0.411 e. The quantitative estimate of drug-likeness (QED) is 0.400. The zero-order valence-corrected chi connectivity index (χ0v) is 7.31. The van der Waals surface area contributed by atoms with E-state index in [1.54, 1.807) is 0 Å². The van der Waals surface area contributed by atoms with Gasteiger partial charge in [0, 0.05) is 18.0 Å². The molecular formula is C10H10N2O. The third kappa shape index (κ3) is 1.18. The molecule has 1 aromatic carbocycles. The number of oxime groups is 1. The second-order valence-corrected chi connectivity index (χ2v) is 2.93. The number of rotatable bonds is 1. The lowest BCUT2D eigenvalue weighted by atomic mass is 10.2. The van der Waals surface area contributed by atoms with Gasteiger partial charge in [0.05, 0.1) is 11.9 Å². The number of hydrogen-bond acceptors (Lipinski definition) is 2. The van der Waals surface area contributed by atoms with E-state index in [0.29, 0.717) is 0 Å². The Hall–Kier alpha value is -1.77. The highest BCUT2D eigenvalue weighted by molar-refractivity contribution is 5.90. The summed E-state index contributed by atoms with van der Waals surface area (Å²) >= 11 is 0. The zero-order chi connectivity index (χ0) is 9.26. The Morgan fingerprint density at radius 3 is 2.85 bits per heavy atom. The van der Waals surface area contributed by atoms with E-state index in [1.165, 1.54) is 6.21 Å². The molecule has 0 radical (unpaired) electrons. The van der Waals surface area contributed by atoms with Crippen molar-refractivity contribution in [3.63, 3.8) is 0 Å². The van der Waals surface area contributed by atoms with Crippen LogP contribution in [0.1, 0.15) is 5.69 Å². The van der Waals surface area contributed by atoms with E-state index in [1.807, 2.05) is 41.9 Å². The third-order valence-corrected chi connectivity index (χ3v) is 2.18. The van der Waals surface area contributed by atoms with E-state index >= 15 is 0 Å². The first-order valence-electron chi connectivity index (χ1n) is 4.05. The van der Waals surface area contributed by atoms with Gasteiger partial charge in [-0.25, -0.2) is 0 Å². The van der Waals surface area contributed by atoms with E-state index in [-0.39, 0.29) is 0 Å². The number of fused-ring (bicyclic) bond motifs is 1. The summed E-state index contributed by atoms with van der Waals surface area (Å²) in [5.41, 5.74) is 2.03. The summed E-state index contributed by atoms with van der Waals surface area (Å²) in [6.07, 6.45) is 1.43. The van der Waals surface area contributed by atoms with Gasteiger partial charge in [-0.15, -0.1) is 0 Å². The van der Waals surface area contributed by atoms with Crippen molar-refractivity contribution >= 4 is 17.1 Å². The largest absolute Gasteiger partial charge is 0.411 e. The van der Waals surface area contributed by atoms with Crippen LogP contribution in [-0.2, 0) is 7.05 Å². The summed E-state index contributed by atoms with van der Waals surface area (Å²) in [5, 5.41) is 12.6. The predicted molar refractivity (Wildman–Crippen MR) is 52.3 cm³/mol. The first-order chi connectivity index (χ1) is 6.33. The van der Waals surface area contributed by atoms with Crippen molar-refractivity contribution in [2.45, 2.75) is 0 Å². The average Bonchev–Trinajstić information content (AvgIpc) is 2.46. The van der Waals surface area contributed by atoms with E-state index in [0.717, 1.165) is 16.6 Å². The molecule has 1 aromatic heterocycles. The van der Waals surface area contributed by atoms with Gasteiger partial charge in [0.2, 0.25) is 0 Å². The number of nitrogens with zero attached hydrogens (tertiary/aromatic N) is 2.